The molecule has 0 spiro atoms. The van der Waals surface area contributed by atoms with Gasteiger partial charge < -0.3 is 14.7 Å². The molecular weight excluding hydrogens is 370 g/mol. The van der Waals surface area contributed by atoms with Gasteiger partial charge in [0.1, 0.15) is 0 Å². The molecule has 9 heteroatoms. The number of hydrogen-bond donors (Lipinski definition) is 0. The lowest BCUT2D eigenvalue weighted by molar-refractivity contribution is -0.141. The Labute approximate surface area is 169 Å². The van der Waals surface area contributed by atoms with E-state index in [4.69, 9.17) is 0 Å². The van der Waals surface area contributed by atoms with Crippen LogP contribution in [-0.2, 0) is 4.79 Å². The molecular formula is C20H25N7O2. The van der Waals surface area contributed by atoms with Crippen LogP contribution in [0, 0.1) is 11.3 Å². The van der Waals surface area contributed by atoms with Gasteiger partial charge in [-0.3, -0.25) is 9.59 Å². The minimum atomic E-state index is -0.547. The highest BCUT2D eigenvalue weighted by Gasteiger charge is 2.54. The first kappa shape index (κ1) is 19.2. The minimum absolute atomic E-state index is 0.00227. The fraction of sp³-hybridized carbons (Fsp3) is 0.500. The molecule has 2 aromatic rings. The standard InChI is InChI=1S/C20H25N7O2/c1-25(2)18(29)20-6-3-10-26(17(28)15-5-9-23-24-11-15)12-16(20)13-27(14-20)19-21-7-4-8-22-19/h4-5,7-9,11,16H,3,6,10,12-14H2,1-2H3/t16-,20-/m0/s1. The Kier molecular flexibility index (Phi) is 5.12. The number of hydrogen-bond acceptors (Lipinski definition) is 7. The lowest BCUT2D eigenvalue weighted by Gasteiger charge is -2.34. The van der Waals surface area contributed by atoms with Crippen molar-refractivity contribution < 1.29 is 9.59 Å². The molecule has 4 heterocycles. The number of rotatable bonds is 3. The summed E-state index contributed by atoms with van der Waals surface area (Å²) >= 11 is 0. The van der Waals surface area contributed by atoms with E-state index in [1.54, 1.807) is 43.5 Å². The SMILES string of the molecule is CN(C)C(=O)[C@]12CCCN(C(=O)c3ccnnc3)C[C@H]1CN(c1ncccn1)C2. The molecule has 9 nitrogen and oxygen atoms in total. The summed E-state index contributed by atoms with van der Waals surface area (Å²) in [5.41, 5.74) is -0.0264. The molecule has 2 atom stereocenters. The van der Waals surface area contributed by atoms with Crippen molar-refractivity contribution in [1.29, 1.82) is 0 Å². The van der Waals surface area contributed by atoms with Crippen LogP contribution >= 0.6 is 0 Å². The van der Waals surface area contributed by atoms with Crippen molar-refractivity contribution in [2.45, 2.75) is 12.8 Å². The summed E-state index contributed by atoms with van der Waals surface area (Å²) < 4.78 is 0. The third-order valence-electron chi connectivity index (χ3n) is 5.97. The van der Waals surface area contributed by atoms with E-state index in [-0.39, 0.29) is 17.7 Å². The summed E-state index contributed by atoms with van der Waals surface area (Å²) in [6.07, 6.45) is 7.94. The molecule has 2 aliphatic heterocycles. The molecule has 29 heavy (non-hydrogen) atoms. The monoisotopic (exact) mass is 395 g/mol. The average Bonchev–Trinajstić information content (AvgIpc) is 3.02. The maximum Gasteiger partial charge on any atom is 0.255 e. The number of fused-ring (bicyclic) bond motifs is 1. The molecule has 2 aliphatic rings. The van der Waals surface area contributed by atoms with Crippen LogP contribution in [0.3, 0.4) is 0 Å². The van der Waals surface area contributed by atoms with Gasteiger partial charge in [0.05, 0.1) is 23.4 Å². The molecule has 4 rings (SSSR count). The molecule has 2 fully saturated rings. The Morgan fingerprint density at radius 3 is 2.62 bits per heavy atom. The normalized spacial score (nSPS) is 24.0. The van der Waals surface area contributed by atoms with Crippen molar-refractivity contribution in [1.82, 2.24) is 30.0 Å². The van der Waals surface area contributed by atoms with E-state index in [1.807, 2.05) is 4.90 Å². The van der Waals surface area contributed by atoms with Crippen molar-refractivity contribution in [2.24, 2.45) is 11.3 Å². The zero-order valence-corrected chi connectivity index (χ0v) is 16.7. The number of nitrogens with zero attached hydrogens (tertiary/aromatic N) is 7. The van der Waals surface area contributed by atoms with E-state index in [2.05, 4.69) is 25.1 Å². The van der Waals surface area contributed by atoms with E-state index >= 15 is 0 Å². The predicted molar refractivity (Wildman–Crippen MR) is 106 cm³/mol. The van der Waals surface area contributed by atoms with Crippen LogP contribution in [0.1, 0.15) is 23.2 Å². The molecule has 0 radical (unpaired) electrons. The molecule has 0 unspecified atom stereocenters. The van der Waals surface area contributed by atoms with E-state index in [0.29, 0.717) is 37.7 Å². The number of aromatic nitrogens is 4. The Bertz CT molecular complexity index is 877. The first-order valence-electron chi connectivity index (χ1n) is 9.81. The maximum absolute atomic E-state index is 13.3. The van der Waals surface area contributed by atoms with Gasteiger partial charge in [-0.2, -0.15) is 10.2 Å². The molecule has 2 aromatic heterocycles. The highest BCUT2D eigenvalue weighted by atomic mass is 16.2. The van der Waals surface area contributed by atoms with Crippen LogP contribution in [-0.4, -0.2) is 82.1 Å². The first-order valence-corrected chi connectivity index (χ1v) is 9.81. The van der Waals surface area contributed by atoms with E-state index in [0.717, 1.165) is 12.8 Å². The second kappa shape index (κ2) is 7.73. The average molecular weight is 395 g/mol. The third-order valence-corrected chi connectivity index (χ3v) is 5.97. The molecule has 0 saturated carbocycles. The first-order chi connectivity index (χ1) is 14.0. The van der Waals surface area contributed by atoms with Gasteiger partial charge in [0.15, 0.2) is 0 Å². The Morgan fingerprint density at radius 2 is 1.93 bits per heavy atom. The van der Waals surface area contributed by atoms with Crippen LogP contribution in [0.25, 0.3) is 0 Å². The molecule has 0 bridgehead atoms. The van der Waals surface area contributed by atoms with Gasteiger partial charge >= 0.3 is 0 Å². The third kappa shape index (κ3) is 3.52. The molecule has 0 N–H and O–H groups in total. The largest absolute Gasteiger partial charge is 0.348 e. The lowest BCUT2D eigenvalue weighted by atomic mass is 9.74. The van der Waals surface area contributed by atoms with Gasteiger partial charge in [-0.15, -0.1) is 0 Å². The molecule has 0 aliphatic carbocycles. The molecule has 152 valence electrons. The van der Waals surface area contributed by atoms with Gasteiger partial charge in [0.2, 0.25) is 11.9 Å². The molecule has 0 aromatic carbocycles. The second-order valence-electron chi connectivity index (χ2n) is 7.97. The number of amides is 2. The fourth-order valence-electron chi connectivity index (χ4n) is 4.62. The summed E-state index contributed by atoms with van der Waals surface area (Å²) in [5, 5.41) is 7.57. The smallest absolute Gasteiger partial charge is 0.255 e. The molecule has 2 saturated heterocycles. The van der Waals surface area contributed by atoms with Crippen LogP contribution in [0.4, 0.5) is 5.95 Å². The zero-order valence-electron chi connectivity index (χ0n) is 16.7. The maximum atomic E-state index is 13.3. The van der Waals surface area contributed by atoms with Crippen LogP contribution in [0.2, 0.25) is 0 Å². The fourth-order valence-corrected chi connectivity index (χ4v) is 4.62. The van der Waals surface area contributed by atoms with Gasteiger partial charge in [-0.25, -0.2) is 9.97 Å². The predicted octanol–water partition coefficient (Wildman–Crippen LogP) is 0.714. The number of likely N-dealkylation sites (tertiary alicyclic amines) is 1. The number of carbonyl (C=O) groups is 2. The lowest BCUT2D eigenvalue weighted by Crippen LogP contribution is -2.47. The highest BCUT2D eigenvalue weighted by molar-refractivity contribution is 5.94. The Hall–Kier alpha value is -3.10. The Morgan fingerprint density at radius 1 is 1.14 bits per heavy atom. The Balaban J connectivity index is 1.64. The van der Waals surface area contributed by atoms with Gasteiger partial charge in [-0.1, -0.05) is 0 Å². The van der Waals surface area contributed by atoms with Gasteiger partial charge in [0.25, 0.3) is 5.91 Å². The second-order valence-corrected chi connectivity index (χ2v) is 7.97. The highest BCUT2D eigenvalue weighted by Crippen LogP contribution is 2.44. The van der Waals surface area contributed by atoms with E-state index in [9.17, 15) is 9.59 Å². The zero-order chi connectivity index (χ0) is 20.4. The summed E-state index contributed by atoms with van der Waals surface area (Å²) in [7, 11) is 3.60. The summed E-state index contributed by atoms with van der Waals surface area (Å²) in [6.45, 7) is 2.35. The van der Waals surface area contributed by atoms with Crippen molar-refractivity contribution in [3.8, 4) is 0 Å². The quantitative estimate of drug-likeness (QED) is 0.755. The van der Waals surface area contributed by atoms with Crippen molar-refractivity contribution in [3.05, 3.63) is 42.5 Å². The topological polar surface area (TPSA) is 95.4 Å². The summed E-state index contributed by atoms with van der Waals surface area (Å²) in [5.74, 6) is 0.674. The van der Waals surface area contributed by atoms with Crippen molar-refractivity contribution in [2.75, 3.05) is 45.2 Å². The van der Waals surface area contributed by atoms with E-state index < -0.39 is 5.41 Å². The summed E-state index contributed by atoms with van der Waals surface area (Å²) in [6, 6.07) is 3.46. The van der Waals surface area contributed by atoms with E-state index in [1.165, 1.54) is 12.4 Å². The van der Waals surface area contributed by atoms with Crippen LogP contribution < -0.4 is 4.90 Å². The van der Waals surface area contributed by atoms with Gasteiger partial charge in [-0.05, 0) is 25.0 Å². The number of anilines is 1. The van der Waals surface area contributed by atoms with Crippen LogP contribution in [0.15, 0.2) is 36.9 Å². The van der Waals surface area contributed by atoms with Gasteiger partial charge in [0, 0.05) is 58.6 Å². The number of carbonyl (C=O) groups excluding carboxylic acids is 2. The summed E-state index contributed by atoms with van der Waals surface area (Å²) in [4.78, 5) is 40.7. The van der Waals surface area contributed by atoms with Crippen LogP contribution in [0.5, 0.6) is 0 Å². The minimum Gasteiger partial charge on any atom is -0.348 e. The van der Waals surface area contributed by atoms with Crippen molar-refractivity contribution >= 4 is 17.8 Å². The molecule has 2 amide bonds. The van der Waals surface area contributed by atoms with Crippen molar-refractivity contribution in [3.63, 3.8) is 0 Å².